The fourth-order valence-corrected chi connectivity index (χ4v) is 2.34. The van der Waals surface area contributed by atoms with Gasteiger partial charge in [0.1, 0.15) is 11.6 Å². The van der Waals surface area contributed by atoms with E-state index in [0.29, 0.717) is 5.69 Å². The first-order valence-electron chi connectivity index (χ1n) is 6.70. The molecule has 1 aliphatic heterocycles. The molecule has 3 rings (SSSR count). The van der Waals surface area contributed by atoms with E-state index in [1.807, 2.05) is 0 Å². The van der Waals surface area contributed by atoms with E-state index < -0.39 is 29.1 Å². The lowest BCUT2D eigenvalue weighted by Crippen LogP contribution is -2.36. The zero-order valence-corrected chi connectivity index (χ0v) is 11.7. The van der Waals surface area contributed by atoms with Crippen LogP contribution < -0.4 is 21.9 Å². The van der Waals surface area contributed by atoms with Crippen LogP contribution in [0.1, 0.15) is 17.9 Å². The number of amides is 2. The molecule has 1 atom stereocenters. The highest BCUT2D eigenvalue weighted by Gasteiger charge is 2.33. The Hall–Kier alpha value is -3.23. The van der Waals surface area contributed by atoms with Crippen LogP contribution in [0, 0.1) is 5.82 Å². The summed E-state index contributed by atoms with van der Waals surface area (Å²) in [4.78, 5) is 41.8. The maximum absolute atomic E-state index is 12.9. The van der Waals surface area contributed by atoms with Gasteiger partial charge < -0.3 is 16.4 Å². The number of H-pyrrole nitrogens is 1. The van der Waals surface area contributed by atoms with Gasteiger partial charge in [0.05, 0.1) is 11.5 Å². The summed E-state index contributed by atoms with van der Waals surface area (Å²) >= 11 is 0. The van der Waals surface area contributed by atoms with Gasteiger partial charge in [-0.2, -0.15) is 4.98 Å². The van der Waals surface area contributed by atoms with Crippen LogP contribution in [0.5, 0.6) is 0 Å². The molecule has 0 bridgehead atoms. The number of primary amides is 1. The van der Waals surface area contributed by atoms with Gasteiger partial charge >= 0.3 is 0 Å². The second kappa shape index (κ2) is 5.52. The van der Waals surface area contributed by atoms with Crippen molar-refractivity contribution in [2.75, 3.05) is 10.6 Å². The van der Waals surface area contributed by atoms with Crippen molar-refractivity contribution in [3.05, 3.63) is 46.0 Å². The van der Waals surface area contributed by atoms with Crippen molar-refractivity contribution in [3.8, 4) is 0 Å². The Morgan fingerprint density at radius 1 is 1.30 bits per heavy atom. The lowest BCUT2D eigenvalue weighted by molar-refractivity contribution is -0.124. The number of nitrogens with zero attached hydrogens (tertiary/aromatic N) is 1. The average molecular weight is 317 g/mol. The van der Waals surface area contributed by atoms with Gasteiger partial charge in [-0.05, 0) is 24.3 Å². The lowest BCUT2D eigenvalue weighted by Gasteiger charge is -2.21. The van der Waals surface area contributed by atoms with Crippen LogP contribution in [0.3, 0.4) is 0 Å². The van der Waals surface area contributed by atoms with Crippen molar-refractivity contribution in [2.45, 2.75) is 12.3 Å². The Labute approximate surface area is 128 Å². The summed E-state index contributed by atoms with van der Waals surface area (Å²) in [6.45, 7) is 0. The summed E-state index contributed by atoms with van der Waals surface area (Å²) in [5.41, 5.74) is 5.18. The molecule has 0 saturated carbocycles. The second-order valence-corrected chi connectivity index (χ2v) is 5.02. The average Bonchev–Trinajstić information content (AvgIpc) is 2.48. The summed E-state index contributed by atoms with van der Waals surface area (Å²) in [6.07, 6.45) is -0.197. The molecule has 0 aliphatic carbocycles. The van der Waals surface area contributed by atoms with Crippen molar-refractivity contribution in [1.29, 1.82) is 0 Å². The van der Waals surface area contributed by atoms with Crippen molar-refractivity contribution < 1.29 is 14.0 Å². The highest BCUT2D eigenvalue weighted by molar-refractivity contribution is 5.99. The quantitative estimate of drug-likeness (QED) is 0.657. The van der Waals surface area contributed by atoms with E-state index in [1.165, 1.54) is 24.3 Å². The number of nitrogens with one attached hydrogen (secondary N) is 3. The number of fused-ring (bicyclic) bond motifs is 1. The minimum atomic E-state index is -1.02. The maximum atomic E-state index is 12.9. The molecule has 0 saturated heterocycles. The zero-order chi connectivity index (χ0) is 16.6. The molecule has 9 heteroatoms. The molecule has 1 unspecified atom stereocenters. The molecule has 118 valence electrons. The van der Waals surface area contributed by atoms with E-state index in [-0.39, 0.29) is 23.8 Å². The van der Waals surface area contributed by atoms with E-state index in [4.69, 9.17) is 5.73 Å². The third kappa shape index (κ3) is 2.89. The molecule has 23 heavy (non-hydrogen) atoms. The number of anilines is 3. The largest absolute Gasteiger partial charge is 0.369 e. The number of halogens is 1. The molecule has 2 amide bonds. The Kier molecular flexibility index (Phi) is 3.53. The third-order valence-corrected chi connectivity index (χ3v) is 3.40. The predicted octanol–water partition coefficient (Wildman–Crippen LogP) is 0.564. The summed E-state index contributed by atoms with van der Waals surface area (Å²) in [5, 5.41) is 5.22. The van der Waals surface area contributed by atoms with Crippen molar-refractivity contribution in [1.82, 2.24) is 9.97 Å². The van der Waals surface area contributed by atoms with Gasteiger partial charge in [-0.3, -0.25) is 19.4 Å². The van der Waals surface area contributed by atoms with E-state index >= 15 is 0 Å². The minimum absolute atomic E-state index is 0.0154. The van der Waals surface area contributed by atoms with E-state index in [2.05, 4.69) is 20.6 Å². The topological polar surface area (TPSA) is 130 Å². The van der Waals surface area contributed by atoms with Crippen LogP contribution in [-0.4, -0.2) is 21.8 Å². The summed E-state index contributed by atoms with van der Waals surface area (Å²) in [7, 11) is 0. The molecule has 0 spiro atoms. The highest BCUT2D eigenvalue weighted by atomic mass is 19.1. The molecule has 0 fully saturated rings. The van der Waals surface area contributed by atoms with E-state index in [1.54, 1.807) is 0 Å². The smallest absolute Gasteiger partial charge is 0.258 e. The van der Waals surface area contributed by atoms with Crippen molar-refractivity contribution in [3.63, 3.8) is 0 Å². The second-order valence-electron chi connectivity index (χ2n) is 5.02. The standard InChI is InChI=1S/C14H12FN5O3/c15-6-1-3-7(4-2-6)17-14-19-12-10(13(23)20-14)8(11(16)22)5-9(21)18-12/h1-4,8H,5H2,(H2,16,22)(H3,17,18,19,20,21,23). The molecule has 2 heterocycles. The lowest BCUT2D eigenvalue weighted by atomic mass is 9.93. The number of hydrogen-bond acceptors (Lipinski definition) is 5. The number of rotatable bonds is 3. The van der Waals surface area contributed by atoms with Gasteiger partial charge in [0.15, 0.2) is 0 Å². The summed E-state index contributed by atoms with van der Waals surface area (Å²) in [6, 6.07) is 5.40. The first-order valence-corrected chi connectivity index (χ1v) is 6.70. The van der Waals surface area contributed by atoms with Crippen LogP contribution in [-0.2, 0) is 9.59 Å². The molecule has 1 aliphatic rings. The van der Waals surface area contributed by atoms with Gasteiger partial charge in [0, 0.05) is 12.1 Å². The molecule has 1 aromatic heterocycles. The van der Waals surface area contributed by atoms with Crippen LogP contribution in [0.4, 0.5) is 21.8 Å². The molecule has 0 radical (unpaired) electrons. The number of aromatic nitrogens is 2. The Morgan fingerprint density at radius 2 is 2.00 bits per heavy atom. The molecular weight excluding hydrogens is 305 g/mol. The minimum Gasteiger partial charge on any atom is -0.369 e. The van der Waals surface area contributed by atoms with Crippen LogP contribution in [0.2, 0.25) is 0 Å². The summed E-state index contributed by atoms with van der Waals surface area (Å²) in [5.74, 6) is -2.61. The van der Waals surface area contributed by atoms with Gasteiger partial charge in [-0.1, -0.05) is 0 Å². The van der Waals surface area contributed by atoms with Gasteiger partial charge in [0.2, 0.25) is 17.8 Å². The van der Waals surface area contributed by atoms with Gasteiger partial charge in [-0.15, -0.1) is 0 Å². The molecule has 8 nitrogen and oxygen atoms in total. The number of nitrogens with two attached hydrogens (primary N) is 1. The number of carbonyl (C=O) groups is 2. The monoisotopic (exact) mass is 317 g/mol. The molecule has 5 N–H and O–H groups in total. The summed E-state index contributed by atoms with van der Waals surface area (Å²) < 4.78 is 12.9. The number of hydrogen-bond donors (Lipinski definition) is 4. The first kappa shape index (κ1) is 14.7. The normalized spacial score (nSPS) is 16.4. The Morgan fingerprint density at radius 3 is 2.65 bits per heavy atom. The fourth-order valence-electron chi connectivity index (χ4n) is 2.34. The third-order valence-electron chi connectivity index (χ3n) is 3.40. The van der Waals surface area contributed by atoms with Crippen LogP contribution >= 0.6 is 0 Å². The number of aromatic amines is 1. The maximum Gasteiger partial charge on any atom is 0.258 e. The highest BCUT2D eigenvalue weighted by Crippen LogP contribution is 2.28. The first-order chi connectivity index (χ1) is 10.9. The SMILES string of the molecule is NC(=O)C1CC(=O)Nc2nc(Nc3ccc(F)cc3)[nH]c(=O)c21. The molecular formula is C14H12FN5O3. The predicted molar refractivity (Wildman–Crippen MR) is 79.7 cm³/mol. The zero-order valence-electron chi connectivity index (χ0n) is 11.7. The van der Waals surface area contributed by atoms with Crippen LogP contribution in [0.25, 0.3) is 0 Å². The molecule has 1 aromatic carbocycles. The van der Waals surface area contributed by atoms with Crippen molar-refractivity contribution >= 4 is 29.3 Å². The van der Waals surface area contributed by atoms with E-state index in [0.717, 1.165) is 0 Å². The van der Waals surface area contributed by atoms with Gasteiger partial charge in [0.25, 0.3) is 5.56 Å². The van der Waals surface area contributed by atoms with Crippen molar-refractivity contribution in [2.24, 2.45) is 5.73 Å². The van der Waals surface area contributed by atoms with Gasteiger partial charge in [-0.25, -0.2) is 4.39 Å². The Balaban J connectivity index is 1.99. The fraction of sp³-hybridized carbons (Fsp3) is 0.143. The van der Waals surface area contributed by atoms with Crippen LogP contribution in [0.15, 0.2) is 29.1 Å². The number of benzene rings is 1. The molecule has 2 aromatic rings. The van der Waals surface area contributed by atoms with E-state index in [9.17, 15) is 18.8 Å². The number of carbonyl (C=O) groups excluding carboxylic acids is 2. The Bertz CT molecular complexity index is 846.